The topological polar surface area (TPSA) is 55.4 Å². The summed E-state index contributed by atoms with van der Waals surface area (Å²) < 4.78 is 5.14. The van der Waals surface area contributed by atoms with E-state index >= 15 is 0 Å². The Morgan fingerprint density at radius 1 is 0.913 bits per heavy atom. The van der Waals surface area contributed by atoms with E-state index in [1.54, 1.807) is 20.8 Å². The van der Waals surface area contributed by atoms with Crippen molar-refractivity contribution in [2.45, 2.75) is 26.9 Å². The summed E-state index contributed by atoms with van der Waals surface area (Å²) in [4.78, 5) is 23.9. The number of hydrogen-bond acceptors (Lipinski definition) is 3. The standard InChI is InChI=1S/C19H21NO3/c1-13(2)19(22)23-14(3)18(21)20-17-12-8-7-11-16(17)15-9-5-4-6-10-15/h4-14H,1-3H3,(H,20,21). The van der Waals surface area contributed by atoms with Gasteiger partial charge in [-0.15, -0.1) is 0 Å². The van der Waals surface area contributed by atoms with Crippen molar-refractivity contribution >= 4 is 17.6 Å². The first-order valence-corrected chi connectivity index (χ1v) is 7.65. The fourth-order valence-electron chi connectivity index (χ4n) is 2.06. The van der Waals surface area contributed by atoms with Gasteiger partial charge in [0.15, 0.2) is 6.10 Å². The molecule has 1 N–H and O–H groups in total. The van der Waals surface area contributed by atoms with Crippen molar-refractivity contribution in [1.82, 2.24) is 0 Å². The van der Waals surface area contributed by atoms with Gasteiger partial charge in [0.25, 0.3) is 5.91 Å². The Morgan fingerprint density at radius 2 is 1.52 bits per heavy atom. The number of hydrogen-bond donors (Lipinski definition) is 1. The molecule has 1 atom stereocenters. The molecule has 4 heteroatoms. The number of nitrogens with one attached hydrogen (secondary N) is 1. The molecule has 0 aromatic heterocycles. The van der Waals surface area contributed by atoms with Crippen LogP contribution in [-0.4, -0.2) is 18.0 Å². The molecule has 0 bridgehead atoms. The first-order valence-electron chi connectivity index (χ1n) is 7.65. The summed E-state index contributed by atoms with van der Waals surface area (Å²) in [5, 5.41) is 2.84. The van der Waals surface area contributed by atoms with Gasteiger partial charge in [-0.2, -0.15) is 0 Å². The molecule has 0 heterocycles. The minimum Gasteiger partial charge on any atom is -0.452 e. The minimum absolute atomic E-state index is 0.262. The molecule has 0 aliphatic rings. The molecular formula is C19H21NO3. The van der Waals surface area contributed by atoms with Gasteiger partial charge in [0.1, 0.15) is 0 Å². The lowest BCUT2D eigenvalue weighted by molar-refractivity contribution is -0.156. The number of amides is 1. The Balaban J connectivity index is 2.14. The molecule has 0 fully saturated rings. The summed E-state index contributed by atoms with van der Waals surface area (Å²) in [6, 6.07) is 17.3. The molecule has 0 aliphatic carbocycles. The van der Waals surface area contributed by atoms with Gasteiger partial charge in [0.2, 0.25) is 0 Å². The van der Waals surface area contributed by atoms with Crippen LogP contribution < -0.4 is 5.32 Å². The van der Waals surface area contributed by atoms with Gasteiger partial charge in [0.05, 0.1) is 5.92 Å². The van der Waals surface area contributed by atoms with Crippen LogP contribution in [-0.2, 0) is 14.3 Å². The molecule has 23 heavy (non-hydrogen) atoms. The second-order valence-electron chi connectivity index (χ2n) is 5.63. The lowest BCUT2D eigenvalue weighted by Gasteiger charge is -2.16. The predicted molar refractivity (Wildman–Crippen MR) is 90.9 cm³/mol. The van der Waals surface area contributed by atoms with E-state index in [1.807, 2.05) is 54.6 Å². The normalized spacial score (nSPS) is 11.8. The van der Waals surface area contributed by atoms with Crippen LogP contribution in [0.3, 0.4) is 0 Å². The van der Waals surface area contributed by atoms with Crippen molar-refractivity contribution in [3.63, 3.8) is 0 Å². The van der Waals surface area contributed by atoms with Gasteiger partial charge in [0, 0.05) is 11.3 Å². The third kappa shape index (κ3) is 4.42. The zero-order valence-electron chi connectivity index (χ0n) is 13.6. The van der Waals surface area contributed by atoms with Crippen LogP contribution in [0, 0.1) is 5.92 Å². The van der Waals surface area contributed by atoms with Gasteiger partial charge in [-0.3, -0.25) is 9.59 Å². The Morgan fingerprint density at radius 3 is 2.17 bits per heavy atom. The minimum atomic E-state index is -0.839. The average Bonchev–Trinajstić information content (AvgIpc) is 2.56. The van der Waals surface area contributed by atoms with Gasteiger partial charge < -0.3 is 10.1 Å². The molecule has 4 nitrogen and oxygen atoms in total. The van der Waals surface area contributed by atoms with Crippen LogP contribution >= 0.6 is 0 Å². The van der Waals surface area contributed by atoms with Crippen molar-refractivity contribution in [1.29, 1.82) is 0 Å². The second-order valence-corrected chi connectivity index (χ2v) is 5.63. The summed E-state index contributed by atoms with van der Waals surface area (Å²) in [5.74, 6) is -0.992. The van der Waals surface area contributed by atoms with Crippen molar-refractivity contribution in [3.8, 4) is 11.1 Å². The van der Waals surface area contributed by atoms with Crippen molar-refractivity contribution in [2.75, 3.05) is 5.32 Å². The van der Waals surface area contributed by atoms with E-state index < -0.39 is 6.10 Å². The Hall–Kier alpha value is -2.62. The highest BCUT2D eigenvalue weighted by atomic mass is 16.5. The molecule has 0 spiro atoms. The lowest BCUT2D eigenvalue weighted by atomic mass is 10.0. The van der Waals surface area contributed by atoms with Crippen LogP contribution in [0.2, 0.25) is 0 Å². The Labute approximate surface area is 136 Å². The largest absolute Gasteiger partial charge is 0.452 e. The highest BCUT2D eigenvalue weighted by molar-refractivity contribution is 5.98. The number of anilines is 1. The number of carbonyl (C=O) groups excluding carboxylic acids is 2. The fourth-order valence-corrected chi connectivity index (χ4v) is 2.06. The Kier molecular flexibility index (Phi) is 5.52. The SMILES string of the molecule is CC(C)C(=O)OC(C)C(=O)Nc1ccccc1-c1ccccc1. The molecule has 1 unspecified atom stereocenters. The third-order valence-electron chi connectivity index (χ3n) is 3.40. The van der Waals surface area contributed by atoms with Crippen LogP contribution in [0.15, 0.2) is 54.6 Å². The summed E-state index contributed by atoms with van der Waals surface area (Å²) in [6.45, 7) is 5.04. The van der Waals surface area contributed by atoms with Gasteiger partial charge >= 0.3 is 5.97 Å². The highest BCUT2D eigenvalue weighted by Crippen LogP contribution is 2.27. The lowest BCUT2D eigenvalue weighted by Crippen LogP contribution is -2.31. The molecule has 1 amide bonds. The number of benzene rings is 2. The van der Waals surface area contributed by atoms with Crippen LogP contribution in [0.5, 0.6) is 0 Å². The first kappa shape index (κ1) is 16.7. The molecule has 0 aliphatic heterocycles. The smallest absolute Gasteiger partial charge is 0.309 e. The maximum atomic E-state index is 12.3. The molecule has 2 aromatic carbocycles. The van der Waals surface area contributed by atoms with Gasteiger partial charge in [-0.25, -0.2) is 0 Å². The van der Waals surface area contributed by atoms with E-state index in [0.29, 0.717) is 5.69 Å². The Bertz CT molecular complexity index is 680. The van der Waals surface area contributed by atoms with E-state index in [4.69, 9.17) is 4.74 Å². The first-order chi connectivity index (χ1) is 11.0. The van der Waals surface area contributed by atoms with Crippen LogP contribution in [0.1, 0.15) is 20.8 Å². The number of esters is 1. The third-order valence-corrected chi connectivity index (χ3v) is 3.40. The molecule has 2 rings (SSSR count). The highest BCUT2D eigenvalue weighted by Gasteiger charge is 2.20. The number of rotatable bonds is 5. The monoisotopic (exact) mass is 311 g/mol. The molecule has 120 valence electrons. The summed E-state index contributed by atoms with van der Waals surface area (Å²) in [6.07, 6.45) is -0.839. The van der Waals surface area contributed by atoms with E-state index in [1.165, 1.54) is 0 Å². The number of ether oxygens (including phenoxy) is 1. The van der Waals surface area contributed by atoms with E-state index in [-0.39, 0.29) is 17.8 Å². The van der Waals surface area contributed by atoms with Crippen molar-refractivity contribution < 1.29 is 14.3 Å². The molecule has 0 radical (unpaired) electrons. The number of para-hydroxylation sites is 1. The van der Waals surface area contributed by atoms with Crippen LogP contribution in [0.25, 0.3) is 11.1 Å². The molecule has 0 saturated carbocycles. The summed E-state index contributed by atoms with van der Waals surface area (Å²) in [7, 11) is 0. The average molecular weight is 311 g/mol. The maximum Gasteiger partial charge on any atom is 0.309 e. The predicted octanol–water partition coefficient (Wildman–Crippen LogP) is 3.88. The van der Waals surface area contributed by atoms with Gasteiger partial charge in [-0.05, 0) is 18.6 Å². The molecular weight excluding hydrogens is 290 g/mol. The second kappa shape index (κ2) is 7.58. The zero-order valence-corrected chi connectivity index (χ0v) is 13.6. The summed E-state index contributed by atoms with van der Waals surface area (Å²) in [5.41, 5.74) is 2.62. The quantitative estimate of drug-likeness (QED) is 0.853. The maximum absolute atomic E-state index is 12.3. The molecule has 2 aromatic rings. The fraction of sp³-hybridized carbons (Fsp3) is 0.263. The molecule has 0 saturated heterocycles. The van der Waals surface area contributed by atoms with Crippen LogP contribution in [0.4, 0.5) is 5.69 Å². The number of carbonyl (C=O) groups is 2. The van der Waals surface area contributed by atoms with E-state index in [2.05, 4.69) is 5.32 Å². The van der Waals surface area contributed by atoms with Crippen molar-refractivity contribution in [2.24, 2.45) is 5.92 Å². The van der Waals surface area contributed by atoms with Crippen molar-refractivity contribution in [3.05, 3.63) is 54.6 Å². The van der Waals surface area contributed by atoms with E-state index in [9.17, 15) is 9.59 Å². The van der Waals surface area contributed by atoms with Gasteiger partial charge in [-0.1, -0.05) is 62.4 Å². The zero-order chi connectivity index (χ0) is 16.8. The summed E-state index contributed by atoms with van der Waals surface area (Å²) >= 11 is 0. The van der Waals surface area contributed by atoms with E-state index in [0.717, 1.165) is 11.1 Å².